The maximum atomic E-state index is 14.5. The molecule has 13 heteroatoms. The van der Waals surface area contributed by atoms with Crippen molar-refractivity contribution in [2.24, 2.45) is 17.3 Å². The number of halogens is 1. The molecule has 46 heavy (non-hydrogen) atoms. The van der Waals surface area contributed by atoms with E-state index in [-0.39, 0.29) is 28.8 Å². The zero-order chi connectivity index (χ0) is 31.6. The van der Waals surface area contributed by atoms with Gasteiger partial charge in [-0.1, -0.05) is 13.8 Å². The van der Waals surface area contributed by atoms with Gasteiger partial charge in [-0.25, -0.2) is 27.8 Å². The van der Waals surface area contributed by atoms with Crippen LogP contribution in [0.4, 0.5) is 10.2 Å². The number of nitrogens with one attached hydrogen (secondary N) is 1. The van der Waals surface area contributed by atoms with Gasteiger partial charge in [0.15, 0.2) is 15.7 Å². The number of hydrogen-bond donors (Lipinski definition) is 1. The van der Waals surface area contributed by atoms with Crippen molar-refractivity contribution in [1.82, 2.24) is 35.4 Å². The molecule has 3 saturated heterocycles. The molecule has 2 aromatic heterocycles. The molecule has 5 heterocycles. The van der Waals surface area contributed by atoms with E-state index in [9.17, 15) is 12.8 Å². The molecule has 1 N–H and O–H groups in total. The van der Waals surface area contributed by atoms with Crippen LogP contribution in [0.3, 0.4) is 0 Å². The highest BCUT2D eigenvalue weighted by Crippen LogP contribution is 2.48. The Bertz CT molecular complexity index is 1710. The lowest BCUT2D eigenvalue weighted by molar-refractivity contribution is -0.0694. The van der Waals surface area contributed by atoms with Gasteiger partial charge in [-0.2, -0.15) is 0 Å². The number of ether oxygens (including phenoxy) is 1. The number of likely N-dealkylation sites (tertiary alicyclic amines) is 1. The van der Waals surface area contributed by atoms with Crippen LogP contribution in [0.5, 0.6) is 11.6 Å². The highest BCUT2D eigenvalue weighted by molar-refractivity contribution is 7.92. The van der Waals surface area contributed by atoms with Gasteiger partial charge >= 0.3 is 0 Å². The van der Waals surface area contributed by atoms with Gasteiger partial charge in [0.25, 0.3) is 5.88 Å². The molecule has 8 rings (SSSR count). The minimum absolute atomic E-state index is 0.137. The first-order valence-corrected chi connectivity index (χ1v) is 18.4. The average molecular weight is 649 g/mol. The third-order valence-electron chi connectivity index (χ3n) is 10.7. The fourth-order valence-corrected chi connectivity index (χ4v) is 9.73. The molecule has 5 fully saturated rings. The van der Waals surface area contributed by atoms with Gasteiger partial charge in [0, 0.05) is 73.0 Å². The maximum absolute atomic E-state index is 14.5. The smallest absolute Gasteiger partial charge is 0.282 e. The molecule has 2 aliphatic carbocycles. The van der Waals surface area contributed by atoms with Crippen LogP contribution in [0.2, 0.25) is 0 Å². The number of nitrogens with zero attached hydrogens (tertiary/aromatic N) is 7. The van der Waals surface area contributed by atoms with Gasteiger partial charge in [0.2, 0.25) is 0 Å². The second kappa shape index (κ2) is 11.4. The zero-order valence-corrected chi connectivity index (χ0v) is 27.2. The van der Waals surface area contributed by atoms with E-state index in [1.165, 1.54) is 18.5 Å². The van der Waals surface area contributed by atoms with Gasteiger partial charge in [-0.3, -0.25) is 4.90 Å². The van der Waals surface area contributed by atoms with Crippen LogP contribution in [0.25, 0.3) is 11.1 Å². The van der Waals surface area contributed by atoms with Gasteiger partial charge in [0.1, 0.15) is 24.2 Å². The van der Waals surface area contributed by atoms with E-state index in [0.717, 1.165) is 69.5 Å². The molecule has 1 atom stereocenters. The van der Waals surface area contributed by atoms with Crippen LogP contribution in [0.1, 0.15) is 57.6 Å². The summed E-state index contributed by atoms with van der Waals surface area (Å²) in [5.74, 6) is 3.19. The monoisotopic (exact) mass is 648 g/mol. The van der Waals surface area contributed by atoms with E-state index in [1.54, 1.807) is 18.6 Å². The molecule has 3 aliphatic heterocycles. The van der Waals surface area contributed by atoms with Gasteiger partial charge in [0.05, 0.1) is 17.2 Å². The van der Waals surface area contributed by atoms with Crippen molar-refractivity contribution in [1.29, 1.82) is 0 Å². The van der Waals surface area contributed by atoms with Crippen LogP contribution in [0.15, 0.2) is 37.1 Å². The van der Waals surface area contributed by atoms with Crippen molar-refractivity contribution in [3.8, 4) is 22.8 Å². The minimum Gasteiger partial charge on any atom is -0.434 e. The van der Waals surface area contributed by atoms with Crippen LogP contribution in [0, 0.1) is 23.1 Å². The Morgan fingerprint density at radius 3 is 2.59 bits per heavy atom. The first-order chi connectivity index (χ1) is 22.2. The predicted molar refractivity (Wildman–Crippen MR) is 171 cm³/mol. The van der Waals surface area contributed by atoms with E-state index in [1.807, 2.05) is 0 Å². The largest absolute Gasteiger partial charge is 0.434 e. The number of hydrogen-bond acceptors (Lipinski definition) is 11. The number of rotatable bonds is 10. The Balaban J connectivity index is 0.936. The van der Waals surface area contributed by atoms with Crippen LogP contribution in [-0.2, 0) is 9.84 Å². The summed E-state index contributed by atoms with van der Waals surface area (Å²) >= 11 is 0. The number of aromatic nitrogens is 5. The highest BCUT2D eigenvalue weighted by Gasteiger charge is 2.53. The zero-order valence-electron chi connectivity index (χ0n) is 26.3. The van der Waals surface area contributed by atoms with Crippen molar-refractivity contribution in [2.45, 2.75) is 70.0 Å². The standard InChI is InChI=1S/C33H41FN8O3S/c1-20(2)30(22-9-24(10-22)39-25-13-46(43,44)14-25)42-16-33(17-42)7-8-41(15-33)31-32(40-38-19-37-31)45-28-6-5-23(34)11-26(28)27-12-35-18-36-29(27)21-3-4-21/h5-6,11-12,18-22,24-25,30,39H,3-4,7-10,13-17H2,1-2H3/t22?,24?,30-/m1/s1. The van der Waals surface area contributed by atoms with Crippen LogP contribution >= 0.6 is 0 Å². The fourth-order valence-electron chi connectivity index (χ4n) is 8.41. The molecule has 0 amide bonds. The lowest BCUT2D eigenvalue weighted by Gasteiger charge is -2.57. The summed E-state index contributed by atoms with van der Waals surface area (Å²) in [5, 5.41) is 11.9. The van der Waals surface area contributed by atoms with Crippen molar-refractivity contribution in [2.75, 3.05) is 42.6 Å². The summed E-state index contributed by atoms with van der Waals surface area (Å²) in [4.78, 5) is 18.3. The van der Waals surface area contributed by atoms with Crippen molar-refractivity contribution >= 4 is 15.7 Å². The van der Waals surface area contributed by atoms with Crippen molar-refractivity contribution in [3.05, 3.63) is 48.6 Å². The Labute approximate surface area is 269 Å². The van der Waals surface area contributed by atoms with Crippen LogP contribution in [-0.4, -0.2) is 94.3 Å². The normalized spacial score (nSPS) is 26.0. The predicted octanol–water partition coefficient (Wildman–Crippen LogP) is 3.84. The summed E-state index contributed by atoms with van der Waals surface area (Å²) in [7, 11) is -2.80. The van der Waals surface area contributed by atoms with Crippen LogP contribution < -0.4 is 15.0 Å². The summed E-state index contributed by atoms with van der Waals surface area (Å²) in [5.41, 5.74) is 2.48. The molecule has 1 aromatic carbocycles. The third kappa shape index (κ3) is 5.74. The molecule has 0 unspecified atom stereocenters. The number of anilines is 1. The molecule has 0 bridgehead atoms. The van der Waals surface area contributed by atoms with Crippen molar-refractivity contribution in [3.63, 3.8) is 0 Å². The summed E-state index contributed by atoms with van der Waals surface area (Å²) in [6, 6.07) is 5.59. The minimum atomic E-state index is -2.80. The third-order valence-corrected chi connectivity index (χ3v) is 12.5. The molecule has 3 aromatic rings. The molecule has 5 aliphatic rings. The molecule has 11 nitrogen and oxygen atoms in total. The quantitative estimate of drug-likeness (QED) is 0.345. The molecule has 244 valence electrons. The second-order valence-electron chi connectivity index (χ2n) is 14.6. The Morgan fingerprint density at radius 1 is 1.04 bits per heavy atom. The summed E-state index contributed by atoms with van der Waals surface area (Å²) in [6.07, 6.45) is 10.2. The van der Waals surface area contributed by atoms with Gasteiger partial charge in [-0.15, -0.1) is 10.2 Å². The summed E-state index contributed by atoms with van der Waals surface area (Å²) < 4.78 is 44.0. The SMILES string of the molecule is CC(C)[C@H](C1CC(NC2CS(=O)(=O)C2)C1)N1CC2(CCN(c3ncnnc3Oc3ccc(F)cc3-c3cncnc3C3CC3)C2)C1. The molecule has 1 spiro atoms. The van der Waals surface area contributed by atoms with Gasteiger partial charge < -0.3 is 15.0 Å². The maximum Gasteiger partial charge on any atom is 0.282 e. The lowest BCUT2D eigenvalue weighted by atomic mass is 9.68. The van der Waals surface area contributed by atoms with E-state index < -0.39 is 9.84 Å². The molecular formula is C33H41FN8O3S. The molecule has 0 radical (unpaired) electrons. The first-order valence-electron chi connectivity index (χ1n) is 16.6. The Kier molecular flexibility index (Phi) is 7.48. The van der Waals surface area contributed by atoms with E-state index in [4.69, 9.17) is 4.74 Å². The van der Waals surface area contributed by atoms with E-state index in [2.05, 4.69) is 54.1 Å². The molecular weight excluding hydrogens is 607 g/mol. The number of benzene rings is 1. The first kappa shape index (κ1) is 30.1. The van der Waals surface area contributed by atoms with E-state index >= 15 is 0 Å². The second-order valence-corrected chi connectivity index (χ2v) is 16.8. The van der Waals surface area contributed by atoms with E-state index in [0.29, 0.717) is 52.8 Å². The highest BCUT2D eigenvalue weighted by atomic mass is 32.2. The fraction of sp³-hybridized carbons (Fsp3) is 0.606. The number of sulfone groups is 1. The van der Waals surface area contributed by atoms with Crippen molar-refractivity contribution < 1.29 is 17.5 Å². The average Bonchev–Trinajstić information content (AvgIpc) is 3.73. The molecule has 2 saturated carbocycles. The Hall–Kier alpha value is -3.29. The summed E-state index contributed by atoms with van der Waals surface area (Å²) in [6.45, 7) is 8.47. The lowest BCUT2D eigenvalue weighted by Crippen LogP contribution is -2.66. The van der Waals surface area contributed by atoms with Gasteiger partial charge in [-0.05, 0) is 62.1 Å². The topological polar surface area (TPSA) is 126 Å². The Morgan fingerprint density at radius 2 is 1.85 bits per heavy atom.